The van der Waals surface area contributed by atoms with Gasteiger partial charge in [0.1, 0.15) is 0 Å². The molecule has 0 spiro atoms. The number of benzene rings is 1. The molecule has 0 unspecified atom stereocenters. The highest BCUT2D eigenvalue weighted by Crippen LogP contribution is 2.37. The summed E-state index contributed by atoms with van der Waals surface area (Å²) in [5.41, 5.74) is 0.603. The highest BCUT2D eigenvalue weighted by Gasteiger charge is 2.33. The number of hydrogen-bond acceptors (Lipinski definition) is 1. The molecule has 0 aliphatic heterocycles. The molecular weight excluding hydrogens is 227 g/mol. The second-order valence-electron chi connectivity index (χ2n) is 3.79. The number of pyridine rings is 1. The Bertz CT molecular complexity index is 518. The predicted molar refractivity (Wildman–Crippen MR) is 59.4 cm³/mol. The molecule has 1 aromatic carbocycles. The van der Waals surface area contributed by atoms with Crippen LogP contribution in [0.3, 0.4) is 0 Å². The summed E-state index contributed by atoms with van der Waals surface area (Å²) in [7, 11) is 0. The van der Waals surface area contributed by atoms with E-state index in [4.69, 9.17) is 0 Å². The van der Waals surface area contributed by atoms with Crippen molar-refractivity contribution in [2.75, 3.05) is 0 Å². The van der Waals surface area contributed by atoms with Crippen molar-refractivity contribution in [1.82, 2.24) is 4.98 Å². The average molecular weight is 237 g/mol. The molecule has 0 amide bonds. The lowest BCUT2D eigenvalue weighted by atomic mass is 9.99. The maximum Gasteiger partial charge on any atom is 0.417 e. The van der Waals surface area contributed by atoms with Gasteiger partial charge in [-0.2, -0.15) is 13.2 Å². The zero-order chi connectivity index (χ0) is 12.5. The Morgan fingerprint density at radius 3 is 2.47 bits per heavy atom. The van der Waals surface area contributed by atoms with Gasteiger partial charge in [0.15, 0.2) is 0 Å². The topological polar surface area (TPSA) is 12.9 Å². The normalized spacial score (nSPS) is 11.5. The molecule has 1 heterocycles. The molecule has 0 bridgehead atoms. The van der Waals surface area contributed by atoms with Gasteiger partial charge in [0, 0.05) is 18.0 Å². The third-order valence-corrected chi connectivity index (χ3v) is 2.45. The lowest BCUT2D eigenvalue weighted by molar-refractivity contribution is -0.137. The Morgan fingerprint density at radius 2 is 1.88 bits per heavy atom. The van der Waals surface area contributed by atoms with Gasteiger partial charge in [0.2, 0.25) is 0 Å². The largest absolute Gasteiger partial charge is 0.417 e. The number of rotatable bonds is 1. The fourth-order valence-corrected chi connectivity index (χ4v) is 1.67. The zero-order valence-electron chi connectivity index (χ0n) is 9.12. The highest BCUT2D eigenvalue weighted by atomic mass is 19.4. The van der Waals surface area contributed by atoms with E-state index in [0.29, 0.717) is 11.1 Å². The van der Waals surface area contributed by atoms with Crippen LogP contribution in [0.2, 0.25) is 0 Å². The number of hydrogen-bond donors (Lipinski definition) is 0. The van der Waals surface area contributed by atoms with Gasteiger partial charge < -0.3 is 0 Å². The Labute approximate surface area is 96.9 Å². The summed E-state index contributed by atoms with van der Waals surface area (Å²) in [6.45, 7) is 1.64. The van der Waals surface area contributed by atoms with E-state index >= 15 is 0 Å². The molecule has 1 aromatic heterocycles. The van der Waals surface area contributed by atoms with Gasteiger partial charge in [-0.3, -0.25) is 4.98 Å². The van der Waals surface area contributed by atoms with Gasteiger partial charge in [-0.1, -0.05) is 23.8 Å². The molecule has 1 nitrogen and oxygen atoms in total. The Kier molecular flexibility index (Phi) is 2.88. The van der Waals surface area contributed by atoms with Gasteiger partial charge in [0.05, 0.1) is 5.56 Å². The van der Waals surface area contributed by atoms with E-state index in [1.807, 2.05) is 0 Å². The SMILES string of the molecule is Cc1ccc(-c2cccnc2)c(C(F)(F)F)c1. The molecule has 0 fully saturated rings. The smallest absolute Gasteiger partial charge is 0.264 e. The van der Waals surface area contributed by atoms with Crippen molar-refractivity contribution in [3.63, 3.8) is 0 Å². The Balaban J connectivity index is 2.63. The molecule has 2 rings (SSSR count). The minimum absolute atomic E-state index is 0.163. The van der Waals surface area contributed by atoms with Crippen LogP contribution in [0.15, 0.2) is 42.7 Å². The summed E-state index contributed by atoms with van der Waals surface area (Å²) in [4.78, 5) is 3.84. The first-order valence-electron chi connectivity index (χ1n) is 5.07. The predicted octanol–water partition coefficient (Wildman–Crippen LogP) is 4.08. The fourth-order valence-electron chi connectivity index (χ4n) is 1.67. The van der Waals surface area contributed by atoms with Gasteiger partial charge >= 0.3 is 6.18 Å². The van der Waals surface area contributed by atoms with Crippen molar-refractivity contribution in [2.45, 2.75) is 13.1 Å². The highest BCUT2D eigenvalue weighted by molar-refractivity contribution is 5.67. The zero-order valence-corrected chi connectivity index (χ0v) is 9.12. The molecule has 0 saturated carbocycles. The van der Waals surface area contributed by atoms with Crippen molar-refractivity contribution >= 4 is 0 Å². The Morgan fingerprint density at radius 1 is 1.12 bits per heavy atom. The van der Waals surface area contributed by atoms with Crippen molar-refractivity contribution in [3.8, 4) is 11.1 Å². The van der Waals surface area contributed by atoms with Crippen LogP contribution in [0.5, 0.6) is 0 Å². The summed E-state index contributed by atoms with van der Waals surface area (Å²) in [6.07, 6.45) is -1.39. The number of alkyl halides is 3. The van der Waals surface area contributed by atoms with Crippen LogP contribution in [0.1, 0.15) is 11.1 Å². The van der Waals surface area contributed by atoms with Crippen LogP contribution >= 0.6 is 0 Å². The lowest BCUT2D eigenvalue weighted by Crippen LogP contribution is -2.07. The number of aryl methyl sites for hydroxylation is 1. The summed E-state index contributed by atoms with van der Waals surface area (Å²) in [5.74, 6) is 0. The van der Waals surface area contributed by atoms with Crippen LogP contribution in [-0.4, -0.2) is 4.98 Å². The van der Waals surface area contributed by atoms with Gasteiger partial charge in [-0.05, 0) is 24.6 Å². The van der Waals surface area contributed by atoms with Crippen molar-refractivity contribution in [2.24, 2.45) is 0 Å². The molecule has 88 valence electrons. The van der Waals surface area contributed by atoms with Crippen LogP contribution in [0.25, 0.3) is 11.1 Å². The van der Waals surface area contributed by atoms with E-state index in [1.54, 1.807) is 25.1 Å². The molecule has 4 heteroatoms. The second-order valence-corrected chi connectivity index (χ2v) is 3.79. The number of halogens is 3. The van der Waals surface area contributed by atoms with E-state index in [-0.39, 0.29) is 5.56 Å². The number of aromatic nitrogens is 1. The average Bonchev–Trinajstić information content (AvgIpc) is 2.29. The summed E-state index contributed by atoms with van der Waals surface area (Å²) in [5, 5.41) is 0. The van der Waals surface area contributed by atoms with Crippen molar-refractivity contribution < 1.29 is 13.2 Å². The molecular formula is C13H10F3N. The standard InChI is InChI=1S/C13H10F3N/c1-9-4-5-11(10-3-2-6-17-8-10)12(7-9)13(14,15)16/h2-8H,1H3. The van der Waals surface area contributed by atoms with E-state index in [2.05, 4.69) is 4.98 Å². The molecule has 17 heavy (non-hydrogen) atoms. The molecule has 0 N–H and O–H groups in total. The minimum Gasteiger partial charge on any atom is -0.264 e. The van der Waals surface area contributed by atoms with Crippen molar-refractivity contribution in [3.05, 3.63) is 53.9 Å². The minimum atomic E-state index is -4.35. The Hall–Kier alpha value is -1.84. The maximum absolute atomic E-state index is 12.9. The van der Waals surface area contributed by atoms with Crippen LogP contribution in [-0.2, 0) is 6.18 Å². The number of nitrogens with zero attached hydrogens (tertiary/aromatic N) is 1. The van der Waals surface area contributed by atoms with Crippen LogP contribution in [0, 0.1) is 6.92 Å². The fraction of sp³-hybridized carbons (Fsp3) is 0.154. The second kappa shape index (κ2) is 4.20. The van der Waals surface area contributed by atoms with E-state index in [9.17, 15) is 13.2 Å². The first-order chi connectivity index (χ1) is 7.98. The summed E-state index contributed by atoms with van der Waals surface area (Å²) < 4.78 is 38.7. The third kappa shape index (κ3) is 2.46. The molecule has 0 saturated heterocycles. The maximum atomic E-state index is 12.9. The van der Waals surface area contributed by atoms with Crippen LogP contribution in [0.4, 0.5) is 13.2 Å². The molecule has 0 aliphatic rings. The molecule has 2 aromatic rings. The van der Waals surface area contributed by atoms with Crippen LogP contribution < -0.4 is 0 Å². The summed E-state index contributed by atoms with van der Waals surface area (Å²) >= 11 is 0. The monoisotopic (exact) mass is 237 g/mol. The first-order valence-corrected chi connectivity index (χ1v) is 5.07. The van der Waals surface area contributed by atoms with E-state index in [1.165, 1.54) is 18.5 Å². The van der Waals surface area contributed by atoms with E-state index < -0.39 is 11.7 Å². The molecule has 0 atom stereocenters. The van der Waals surface area contributed by atoms with E-state index in [0.717, 1.165) is 6.07 Å². The van der Waals surface area contributed by atoms with Gasteiger partial charge in [-0.25, -0.2) is 0 Å². The summed E-state index contributed by atoms with van der Waals surface area (Å²) in [6, 6.07) is 7.54. The van der Waals surface area contributed by atoms with Crippen molar-refractivity contribution in [1.29, 1.82) is 0 Å². The lowest BCUT2D eigenvalue weighted by Gasteiger charge is -2.13. The van der Waals surface area contributed by atoms with Gasteiger partial charge in [-0.15, -0.1) is 0 Å². The van der Waals surface area contributed by atoms with Gasteiger partial charge in [0.25, 0.3) is 0 Å². The first kappa shape index (κ1) is 11.6. The third-order valence-electron chi connectivity index (χ3n) is 2.45. The molecule has 0 radical (unpaired) electrons. The molecule has 0 aliphatic carbocycles. The quantitative estimate of drug-likeness (QED) is 0.728.